The highest BCUT2D eigenvalue weighted by Gasteiger charge is 2.37. The molecule has 0 N–H and O–H groups in total. The topological polar surface area (TPSA) is 59.1 Å². The fourth-order valence-electron chi connectivity index (χ4n) is 3.76. The van der Waals surface area contributed by atoms with E-state index in [9.17, 15) is 9.59 Å². The second-order valence-electron chi connectivity index (χ2n) is 7.32. The minimum Gasteiger partial charge on any atom is -0.486 e. The van der Waals surface area contributed by atoms with Crippen molar-refractivity contribution in [3.63, 3.8) is 0 Å². The Bertz CT molecular complexity index is 919. The Morgan fingerprint density at radius 3 is 2.79 bits per heavy atom. The van der Waals surface area contributed by atoms with E-state index in [4.69, 9.17) is 9.47 Å². The maximum atomic E-state index is 13.0. The zero-order valence-electron chi connectivity index (χ0n) is 16.5. The van der Waals surface area contributed by atoms with Crippen LogP contribution in [0.25, 0.3) is 0 Å². The molecule has 0 saturated carbocycles. The third-order valence-corrected chi connectivity index (χ3v) is 5.99. The van der Waals surface area contributed by atoms with Crippen LogP contribution in [0.5, 0.6) is 11.5 Å². The Morgan fingerprint density at radius 2 is 2.00 bits per heavy atom. The number of benzene rings is 2. The average Bonchev–Trinajstić information content (AvgIpc) is 3.14. The van der Waals surface area contributed by atoms with Crippen molar-refractivity contribution in [1.82, 2.24) is 4.90 Å². The van der Waals surface area contributed by atoms with Crippen LogP contribution < -0.4 is 14.4 Å². The van der Waals surface area contributed by atoms with Gasteiger partial charge in [0.2, 0.25) is 11.8 Å². The number of anilines is 1. The molecule has 2 aromatic carbocycles. The van der Waals surface area contributed by atoms with Crippen LogP contribution in [0.4, 0.5) is 5.69 Å². The summed E-state index contributed by atoms with van der Waals surface area (Å²) >= 11 is 1.63. The number of nitrogens with zero attached hydrogens (tertiary/aromatic N) is 2. The van der Waals surface area contributed by atoms with Gasteiger partial charge in [-0.2, -0.15) is 0 Å². The largest absolute Gasteiger partial charge is 0.486 e. The summed E-state index contributed by atoms with van der Waals surface area (Å²) in [7, 11) is 1.76. The van der Waals surface area contributed by atoms with Crippen molar-refractivity contribution < 1.29 is 19.1 Å². The number of rotatable bonds is 5. The van der Waals surface area contributed by atoms with Crippen molar-refractivity contribution >= 4 is 29.3 Å². The summed E-state index contributed by atoms with van der Waals surface area (Å²) in [6.07, 6.45) is 2.00. The highest BCUT2D eigenvalue weighted by molar-refractivity contribution is 7.98. The van der Waals surface area contributed by atoms with Crippen molar-refractivity contribution in [2.45, 2.75) is 17.4 Å². The number of hydrogen-bond acceptors (Lipinski definition) is 5. The van der Waals surface area contributed by atoms with E-state index in [0.29, 0.717) is 25.4 Å². The molecule has 152 valence electrons. The monoisotopic (exact) mass is 412 g/mol. The smallest absolute Gasteiger partial charge is 0.227 e. The van der Waals surface area contributed by atoms with E-state index in [1.54, 1.807) is 28.6 Å². The van der Waals surface area contributed by atoms with Crippen molar-refractivity contribution in [1.29, 1.82) is 0 Å². The summed E-state index contributed by atoms with van der Waals surface area (Å²) in [5.41, 5.74) is 0.848. The van der Waals surface area contributed by atoms with Gasteiger partial charge in [0, 0.05) is 30.6 Å². The van der Waals surface area contributed by atoms with Crippen molar-refractivity contribution in [2.24, 2.45) is 5.92 Å². The van der Waals surface area contributed by atoms with E-state index in [1.807, 2.05) is 54.8 Å². The van der Waals surface area contributed by atoms with Gasteiger partial charge >= 0.3 is 0 Å². The van der Waals surface area contributed by atoms with E-state index in [-0.39, 0.29) is 30.3 Å². The first-order valence-corrected chi connectivity index (χ1v) is 10.9. The summed E-state index contributed by atoms with van der Waals surface area (Å²) in [6, 6.07) is 15.4. The molecule has 0 bridgehead atoms. The van der Waals surface area contributed by atoms with Crippen LogP contribution in [0.15, 0.2) is 53.4 Å². The molecule has 1 fully saturated rings. The number of carbonyl (C=O) groups is 2. The molecule has 4 rings (SSSR count). The highest BCUT2D eigenvalue weighted by atomic mass is 32.2. The fourth-order valence-corrected chi connectivity index (χ4v) is 4.21. The third-order valence-electron chi connectivity index (χ3n) is 5.26. The molecule has 29 heavy (non-hydrogen) atoms. The first kappa shape index (κ1) is 19.6. The van der Waals surface area contributed by atoms with Crippen LogP contribution in [0, 0.1) is 5.92 Å². The van der Waals surface area contributed by atoms with E-state index in [0.717, 1.165) is 16.3 Å². The number of hydrogen-bond donors (Lipinski definition) is 0. The average molecular weight is 413 g/mol. The van der Waals surface area contributed by atoms with Gasteiger partial charge in [-0.1, -0.05) is 18.2 Å². The molecule has 2 atom stereocenters. The number of para-hydroxylation sites is 2. The summed E-state index contributed by atoms with van der Waals surface area (Å²) < 4.78 is 11.7. The van der Waals surface area contributed by atoms with Crippen LogP contribution in [-0.4, -0.2) is 55.8 Å². The maximum Gasteiger partial charge on any atom is 0.227 e. The second kappa shape index (κ2) is 8.37. The SMILES string of the molecule is CSc1cccc(N2C[C@H](C(=O)N(C)C[C@H]3COc4ccccc4O3)CC2=O)c1. The first-order chi connectivity index (χ1) is 14.0. The van der Waals surface area contributed by atoms with E-state index >= 15 is 0 Å². The lowest BCUT2D eigenvalue weighted by atomic mass is 10.1. The summed E-state index contributed by atoms with van der Waals surface area (Å²) in [5, 5.41) is 0. The van der Waals surface area contributed by atoms with Gasteiger partial charge in [-0.3, -0.25) is 9.59 Å². The number of fused-ring (bicyclic) bond motifs is 1. The number of amides is 2. The molecule has 2 aliphatic rings. The van der Waals surface area contributed by atoms with Gasteiger partial charge in [0.25, 0.3) is 0 Å². The van der Waals surface area contributed by atoms with Crippen LogP contribution in [0.3, 0.4) is 0 Å². The van der Waals surface area contributed by atoms with Gasteiger partial charge in [0.15, 0.2) is 17.6 Å². The van der Waals surface area contributed by atoms with Crippen molar-refractivity contribution in [3.05, 3.63) is 48.5 Å². The van der Waals surface area contributed by atoms with E-state index < -0.39 is 0 Å². The van der Waals surface area contributed by atoms with Crippen LogP contribution in [0.2, 0.25) is 0 Å². The molecular weight excluding hydrogens is 388 g/mol. The normalized spacial score (nSPS) is 20.6. The highest BCUT2D eigenvalue weighted by Crippen LogP contribution is 2.32. The molecule has 1 saturated heterocycles. The molecule has 2 heterocycles. The molecule has 0 unspecified atom stereocenters. The first-order valence-electron chi connectivity index (χ1n) is 9.63. The van der Waals surface area contributed by atoms with Gasteiger partial charge in [0.1, 0.15) is 6.61 Å². The summed E-state index contributed by atoms with van der Waals surface area (Å²) in [6.45, 7) is 1.22. The molecule has 0 radical (unpaired) electrons. The Morgan fingerprint density at radius 1 is 1.21 bits per heavy atom. The molecule has 2 aliphatic heterocycles. The molecule has 0 aromatic heterocycles. The molecule has 0 aliphatic carbocycles. The number of ether oxygens (including phenoxy) is 2. The third kappa shape index (κ3) is 4.19. The van der Waals surface area contributed by atoms with Gasteiger partial charge < -0.3 is 19.3 Å². The van der Waals surface area contributed by atoms with Crippen LogP contribution in [0.1, 0.15) is 6.42 Å². The molecule has 7 heteroatoms. The molecule has 6 nitrogen and oxygen atoms in total. The van der Waals surface area contributed by atoms with E-state index in [2.05, 4.69) is 0 Å². The lowest BCUT2D eigenvalue weighted by Crippen LogP contribution is -2.44. The Hall–Kier alpha value is -2.67. The number of thioether (sulfide) groups is 1. The Labute approximate surface area is 174 Å². The summed E-state index contributed by atoms with van der Waals surface area (Å²) in [5.74, 6) is 1.02. The number of carbonyl (C=O) groups excluding carboxylic acids is 2. The Kier molecular flexibility index (Phi) is 5.67. The molecule has 2 aromatic rings. The predicted octanol–water partition coefficient (Wildman–Crippen LogP) is 3.06. The lowest BCUT2D eigenvalue weighted by molar-refractivity contribution is -0.135. The Balaban J connectivity index is 1.37. The minimum atomic E-state index is -0.345. The standard InChI is InChI=1S/C22H24N2O4S/c1-23(13-17-14-27-19-8-3-4-9-20(19)28-17)22(26)15-10-21(25)24(12-15)16-6-5-7-18(11-16)29-2/h3-9,11,15,17H,10,12-14H2,1-2H3/t15-,17+/m1/s1. The lowest BCUT2D eigenvalue weighted by Gasteiger charge is -2.30. The van der Waals surface area contributed by atoms with Gasteiger partial charge in [-0.05, 0) is 36.6 Å². The van der Waals surface area contributed by atoms with Crippen molar-refractivity contribution in [3.8, 4) is 11.5 Å². The second-order valence-corrected chi connectivity index (χ2v) is 8.20. The maximum absolute atomic E-state index is 13.0. The summed E-state index contributed by atoms with van der Waals surface area (Å²) in [4.78, 5) is 30.0. The van der Waals surface area contributed by atoms with Crippen molar-refractivity contribution in [2.75, 3.05) is 37.9 Å². The van der Waals surface area contributed by atoms with Crippen LogP contribution >= 0.6 is 11.8 Å². The molecule has 2 amide bonds. The van der Waals surface area contributed by atoms with E-state index in [1.165, 1.54) is 0 Å². The minimum absolute atomic E-state index is 0.0128. The number of likely N-dealkylation sites (N-methyl/N-ethyl adjacent to an activating group) is 1. The van der Waals surface area contributed by atoms with Gasteiger partial charge in [-0.25, -0.2) is 0 Å². The van der Waals surface area contributed by atoms with Crippen LogP contribution in [-0.2, 0) is 9.59 Å². The molecule has 0 spiro atoms. The zero-order valence-corrected chi connectivity index (χ0v) is 17.4. The zero-order chi connectivity index (χ0) is 20.4. The fraction of sp³-hybridized carbons (Fsp3) is 0.364. The van der Waals surface area contributed by atoms with Gasteiger partial charge in [-0.15, -0.1) is 11.8 Å². The predicted molar refractivity (Wildman–Crippen MR) is 113 cm³/mol. The quantitative estimate of drug-likeness (QED) is 0.707. The molecular formula is C22H24N2O4S. The van der Waals surface area contributed by atoms with Gasteiger partial charge in [0.05, 0.1) is 12.5 Å².